The van der Waals surface area contributed by atoms with Crippen molar-refractivity contribution in [1.82, 2.24) is 9.13 Å². The first-order valence-corrected chi connectivity index (χ1v) is 23.6. The molecule has 4 heteroatoms. The summed E-state index contributed by atoms with van der Waals surface area (Å²) in [6.07, 6.45) is 0. The Hall–Kier alpha value is -7.82. The molecule has 0 aliphatic rings. The topological polar surface area (TPSA) is 28.3 Å². The average molecular weight is 885 g/mol. The maximum absolute atomic E-state index is 5.68. The highest BCUT2D eigenvalue weighted by molar-refractivity contribution is 6.13. The summed E-state index contributed by atoms with van der Waals surface area (Å²) >= 11 is 0. The molecule has 0 aliphatic carbocycles. The Kier molecular flexibility index (Phi) is 10.4. The highest BCUT2D eigenvalue weighted by atomic mass is 16.5. The Morgan fingerprint density at radius 1 is 0.309 bits per heavy atom. The maximum Gasteiger partial charge on any atom is 0.118 e. The third-order valence-corrected chi connectivity index (χ3v) is 13.9. The lowest BCUT2D eigenvalue weighted by molar-refractivity contribution is 0.415. The van der Waals surface area contributed by atoms with E-state index in [0.717, 1.165) is 67.4 Å². The van der Waals surface area contributed by atoms with Gasteiger partial charge in [0.15, 0.2) is 0 Å². The molecule has 334 valence electrons. The molecule has 0 radical (unpaired) electrons. The summed E-state index contributed by atoms with van der Waals surface area (Å²) in [6.45, 7) is 13.6. The minimum absolute atomic E-state index is 0.0720. The number of nitrogens with zero attached hydrogens (tertiary/aromatic N) is 2. The Labute approximate surface area is 399 Å². The zero-order valence-electron chi connectivity index (χ0n) is 40.2. The van der Waals surface area contributed by atoms with Crippen LogP contribution in [0, 0.1) is 0 Å². The van der Waals surface area contributed by atoms with Crippen LogP contribution in [-0.4, -0.2) is 23.4 Å². The van der Waals surface area contributed by atoms with Gasteiger partial charge >= 0.3 is 0 Å². The fourth-order valence-electron chi connectivity index (χ4n) is 10.2. The average Bonchev–Trinajstić information content (AvgIpc) is 3.88. The van der Waals surface area contributed by atoms with Gasteiger partial charge in [-0.2, -0.15) is 0 Å². The summed E-state index contributed by atoms with van der Waals surface area (Å²) in [5, 5.41) is 4.87. The Morgan fingerprint density at radius 2 is 0.632 bits per heavy atom. The first-order chi connectivity index (χ1) is 32.9. The van der Waals surface area contributed by atoms with Crippen molar-refractivity contribution in [3.63, 3.8) is 0 Å². The number of rotatable bonds is 8. The van der Waals surface area contributed by atoms with Crippen LogP contribution in [0.25, 0.3) is 99.5 Å². The largest absolute Gasteiger partial charge is 0.497 e. The molecule has 0 aliphatic heterocycles. The molecule has 9 aromatic carbocycles. The fraction of sp³-hybridized carbons (Fsp3) is 0.156. The molecular formula is C64H56N2O2. The van der Waals surface area contributed by atoms with E-state index in [9.17, 15) is 0 Å². The van der Waals surface area contributed by atoms with Crippen LogP contribution >= 0.6 is 0 Å². The molecule has 0 unspecified atom stereocenters. The van der Waals surface area contributed by atoms with Gasteiger partial charge < -0.3 is 18.6 Å². The summed E-state index contributed by atoms with van der Waals surface area (Å²) in [6, 6.07) is 71.5. The van der Waals surface area contributed by atoms with Gasteiger partial charge in [-0.05, 0) is 164 Å². The van der Waals surface area contributed by atoms with Crippen LogP contribution in [0.4, 0.5) is 0 Å². The number of benzene rings is 9. The van der Waals surface area contributed by atoms with Gasteiger partial charge in [0, 0.05) is 32.9 Å². The van der Waals surface area contributed by atoms with Crippen molar-refractivity contribution in [2.24, 2.45) is 0 Å². The molecule has 0 saturated carbocycles. The molecular weight excluding hydrogens is 829 g/mol. The predicted molar refractivity (Wildman–Crippen MR) is 287 cm³/mol. The smallest absolute Gasteiger partial charge is 0.118 e. The van der Waals surface area contributed by atoms with E-state index < -0.39 is 0 Å². The molecule has 11 rings (SSSR count). The van der Waals surface area contributed by atoms with Gasteiger partial charge in [0.1, 0.15) is 11.5 Å². The molecule has 0 atom stereocenters. The monoisotopic (exact) mass is 884 g/mol. The Bertz CT molecular complexity index is 3420. The molecule has 0 N–H and O–H groups in total. The first kappa shape index (κ1) is 42.8. The number of para-hydroxylation sites is 2. The third-order valence-electron chi connectivity index (χ3n) is 13.9. The van der Waals surface area contributed by atoms with Crippen molar-refractivity contribution in [3.8, 4) is 67.4 Å². The van der Waals surface area contributed by atoms with Crippen molar-refractivity contribution in [2.45, 2.75) is 52.4 Å². The number of hydrogen-bond acceptors (Lipinski definition) is 2. The van der Waals surface area contributed by atoms with Crippen molar-refractivity contribution in [2.75, 3.05) is 14.2 Å². The van der Waals surface area contributed by atoms with E-state index in [4.69, 9.17) is 9.47 Å². The Balaban J connectivity index is 1.14. The van der Waals surface area contributed by atoms with E-state index in [2.05, 4.69) is 245 Å². The zero-order valence-corrected chi connectivity index (χ0v) is 40.2. The SMILES string of the molecule is COc1ccc(-c2cc(-c3ccc4c(c3)c3ccccc3n4-c3ccc(C(C)(C)C)cc3)c(-c3ccc(OC)cc3)cc2-c2ccc3c(c2)c2ccccc2n3-c2ccc(C(C)(C)C)cc2)cc1. The van der Waals surface area contributed by atoms with Gasteiger partial charge in [-0.1, -0.05) is 139 Å². The van der Waals surface area contributed by atoms with Crippen molar-refractivity contribution >= 4 is 43.6 Å². The number of fused-ring (bicyclic) bond motifs is 6. The van der Waals surface area contributed by atoms with Gasteiger partial charge in [0.25, 0.3) is 0 Å². The van der Waals surface area contributed by atoms with Crippen LogP contribution in [0.1, 0.15) is 52.7 Å². The van der Waals surface area contributed by atoms with E-state index in [1.807, 2.05) is 0 Å². The van der Waals surface area contributed by atoms with Crippen LogP contribution in [-0.2, 0) is 10.8 Å². The number of hydrogen-bond donors (Lipinski definition) is 0. The van der Waals surface area contributed by atoms with E-state index >= 15 is 0 Å². The molecule has 0 saturated heterocycles. The Morgan fingerprint density at radius 3 is 0.985 bits per heavy atom. The fourth-order valence-corrected chi connectivity index (χ4v) is 10.2. The molecule has 11 aromatic rings. The summed E-state index contributed by atoms with van der Waals surface area (Å²) in [5.41, 5.74) is 18.9. The van der Waals surface area contributed by atoms with E-state index in [0.29, 0.717) is 0 Å². The van der Waals surface area contributed by atoms with Crippen molar-refractivity contribution in [3.05, 3.63) is 205 Å². The van der Waals surface area contributed by atoms with Crippen LogP contribution < -0.4 is 9.47 Å². The van der Waals surface area contributed by atoms with Crippen molar-refractivity contribution in [1.29, 1.82) is 0 Å². The molecule has 0 amide bonds. The van der Waals surface area contributed by atoms with Gasteiger partial charge in [-0.25, -0.2) is 0 Å². The lowest BCUT2D eigenvalue weighted by Crippen LogP contribution is -2.10. The second-order valence-electron chi connectivity index (χ2n) is 20.2. The highest BCUT2D eigenvalue weighted by Crippen LogP contribution is 2.46. The minimum atomic E-state index is 0.0720. The zero-order chi connectivity index (χ0) is 46.9. The standard InChI is InChI=1S/C64H56N2O2/c1-63(2,3)45-23-27-47(28-24-45)65-59-15-11-9-13-51(59)57-37-43(21-35-61(57)65)55-39-54(42-19-33-50(68-8)34-20-42)56(40-53(55)41-17-31-49(67-7)32-18-41)44-22-36-62-58(38-44)52-14-10-12-16-60(52)66(62)48-29-25-46(26-30-48)64(4,5)6/h9-40H,1-8H3. The van der Waals surface area contributed by atoms with Gasteiger partial charge in [0.05, 0.1) is 36.3 Å². The second-order valence-corrected chi connectivity index (χ2v) is 20.2. The lowest BCUT2D eigenvalue weighted by atomic mass is 9.85. The normalized spacial score (nSPS) is 12.1. The third kappa shape index (κ3) is 7.41. The summed E-state index contributed by atoms with van der Waals surface area (Å²) in [7, 11) is 3.45. The predicted octanol–water partition coefficient (Wildman–Crippen LogP) is 17.2. The van der Waals surface area contributed by atoms with Crippen LogP contribution in [0.5, 0.6) is 11.5 Å². The molecule has 2 aromatic heterocycles. The van der Waals surface area contributed by atoms with Gasteiger partial charge in [-0.3, -0.25) is 0 Å². The summed E-state index contributed by atoms with van der Waals surface area (Å²) in [5.74, 6) is 1.65. The van der Waals surface area contributed by atoms with E-state index in [1.165, 1.54) is 54.7 Å². The van der Waals surface area contributed by atoms with Crippen molar-refractivity contribution < 1.29 is 9.47 Å². The molecule has 0 bridgehead atoms. The van der Waals surface area contributed by atoms with Crippen LogP contribution in [0.2, 0.25) is 0 Å². The summed E-state index contributed by atoms with van der Waals surface area (Å²) < 4.78 is 16.2. The lowest BCUT2D eigenvalue weighted by Gasteiger charge is -2.20. The molecule has 4 nitrogen and oxygen atoms in total. The molecule has 0 spiro atoms. The first-order valence-electron chi connectivity index (χ1n) is 23.6. The second kappa shape index (κ2) is 16.5. The number of methoxy groups -OCH3 is 2. The van der Waals surface area contributed by atoms with Crippen LogP contribution in [0.15, 0.2) is 194 Å². The van der Waals surface area contributed by atoms with E-state index in [1.54, 1.807) is 14.2 Å². The van der Waals surface area contributed by atoms with Crippen LogP contribution in [0.3, 0.4) is 0 Å². The van der Waals surface area contributed by atoms with Gasteiger partial charge in [-0.15, -0.1) is 0 Å². The molecule has 0 fully saturated rings. The molecule has 68 heavy (non-hydrogen) atoms. The summed E-state index contributed by atoms with van der Waals surface area (Å²) in [4.78, 5) is 0. The molecule has 2 heterocycles. The van der Waals surface area contributed by atoms with Gasteiger partial charge in [0.2, 0.25) is 0 Å². The highest BCUT2D eigenvalue weighted by Gasteiger charge is 2.22. The quantitative estimate of drug-likeness (QED) is 0.152. The minimum Gasteiger partial charge on any atom is -0.497 e. The van der Waals surface area contributed by atoms with E-state index in [-0.39, 0.29) is 10.8 Å². The maximum atomic E-state index is 5.68. The number of aromatic nitrogens is 2. The number of ether oxygens (including phenoxy) is 2.